The molecule has 3 nitrogen and oxygen atoms in total. The van der Waals surface area contributed by atoms with E-state index in [4.69, 9.17) is 0 Å². The van der Waals surface area contributed by atoms with Crippen LogP contribution in [0.25, 0.3) is 0 Å². The average molecular weight is 233 g/mol. The number of hydrogen-bond donors (Lipinski definition) is 2. The van der Waals surface area contributed by atoms with E-state index in [9.17, 15) is 9.90 Å². The quantitative estimate of drug-likeness (QED) is 0.825. The molecule has 1 heterocycles. The largest absolute Gasteiger partial charge is 0.481 e. The fourth-order valence-corrected chi connectivity index (χ4v) is 2.45. The lowest BCUT2D eigenvalue weighted by atomic mass is 9.90. The zero-order chi connectivity index (χ0) is 12.3. The van der Waals surface area contributed by atoms with Crippen molar-refractivity contribution in [3.8, 4) is 0 Å². The van der Waals surface area contributed by atoms with Crippen LogP contribution in [0, 0.1) is 12.8 Å². The molecular weight excluding hydrogens is 214 g/mol. The van der Waals surface area contributed by atoms with Crippen LogP contribution < -0.4 is 5.32 Å². The second-order valence-electron chi connectivity index (χ2n) is 4.78. The van der Waals surface area contributed by atoms with Crippen molar-refractivity contribution in [3.05, 3.63) is 35.4 Å². The van der Waals surface area contributed by atoms with Crippen molar-refractivity contribution >= 4 is 5.97 Å². The number of aliphatic carboxylic acids is 1. The molecule has 0 amide bonds. The lowest BCUT2D eigenvalue weighted by Gasteiger charge is -2.23. The lowest BCUT2D eigenvalue weighted by molar-refractivity contribution is -0.143. The molecule has 1 aliphatic rings. The summed E-state index contributed by atoms with van der Waals surface area (Å²) in [5, 5.41) is 12.7. The minimum atomic E-state index is -0.690. The summed E-state index contributed by atoms with van der Waals surface area (Å²) in [6.07, 6.45) is 2.82. The summed E-state index contributed by atoms with van der Waals surface area (Å²) in [4.78, 5) is 11.3. The Bertz CT molecular complexity index is 386. The van der Waals surface area contributed by atoms with E-state index in [0.29, 0.717) is 0 Å². The van der Waals surface area contributed by atoms with Gasteiger partial charge in [-0.25, -0.2) is 0 Å². The van der Waals surface area contributed by atoms with E-state index in [1.807, 2.05) is 31.2 Å². The maximum atomic E-state index is 11.3. The van der Waals surface area contributed by atoms with Crippen molar-refractivity contribution in [2.45, 2.75) is 32.2 Å². The average Bonchev–Trinajstić information content (AvgIpc) is 2.55. The highest BCUT2D eigenvalue weighted by Crippen LogP contribution is 2.29. The minimum Gasteiger partial charge on any atom is -0.481 e. The second kappa shape index (κ2) is 5.32. The molecule has 1 aromatic carbocycles. The minimum absolute atomic E-state index is 0.0457. The molecule has 0 unspecified atom stereocenters. The van der Waals surface area contributed by atoms with Crippen molar-refractivity contribution < 1.29 is 9.90 Å². The molecule has 0 aromatic heterocycles. The smallest absolute Gasteiger partial charge is 0.308 e. The molecule has 17 heavy (non-hydrogen) atoms. The van der Waals surface area contributed by atoms with Gasteiger partial charge in [0.25, 0.3) is 0 Å². The Morgan fingerprint density at radius 1 is 1.29 bits per heavy atom. The highest BCUT2D eigenvalue weighted by molar-refractivity contribution is 5.71. The number of benzene rings is 1. The summed E-state index contributed by atoms with van der Waals surface area (Å²) in [7, 11) is 0. The Morgan fingerprint density at radius 2 is 2.00 bits per heavy atom. The summed E-state index contributed by atoms with van der Waals surface area (Å²) in [5.74, 6) is -0.995. The predicted molar refractivity (Wildman–Crippen MR) is 66.9 cm³/mol. The molecule has 2 rings (SSSR count). The SMILES string of the molecule is Cc1ccc([C@H]2NCCCC[C@@H]2C(=O)O)cc1. The summed E-state index contributed by atoms with van der Waals surface area (Å²) < 4.78 is 0. The molecule has 0 spiro atoms. The van der Waals surface area contributed by atoms with Crippen LogP contribution in [0.15, 0.2) is 24.3 Å². The first-order valence-electron chi connectivity index (χ1n) is 6.21. The Morgan fingerprint density at radius 3 is 2.65 bits per heavy atom. The van der Waals surface area contributed by atoms with Gasteiger partial charge in [-0.1, -0.05) is 36.2 Å². The van der Waals surface area contributed by atoms with Crippen LogP contribution in [0.1, 0.15) is 36.4 Å². The van der Waals surface area contributed by atoms with E-state index < -0.39 is 5.97 Å². The van der Waals surface area contributed by atoms with Gasteiger partial charge in [0.2, 0.25) is 0 Å². The lowest BCUT2D eigenvalue weighted by Crippen LogP contribution is -2.31. The number of rotatable bonds is 2. The third-order valence-corrected chi connectivity index (χ3v) is 3.46. The molecule has 0 saturated carbocycles. The monoisotopic (exact) mass is 233 g/mol. The first-order chi connectivity index (χ1) is 8.18. The molecule has 1 aliphatic heterocycles. The van der Waals surface area contributed by atoms with Crippen molar-refractivity contribution in [2.75, 3.05) is 6.54 Å². The maximum absolute atomic E-state index is 11.3. The summed E-state index contributed by atoms with van der Waals surface area (Å²) in [5.41, 5.74) is 2.29. The van der Waals surface area contributed by atoms with Crippen molar-refractivity contribution in [3.63, 3.8) is 0 Å². The first-order valence-corrected chi connectivity index (χ1v) is 6.21. The summed E-state index contributed by atoms with van der Waals surface area (Å²) in [6.45, 7) is 2.95. The van der Waals surface area contributed by atoms with Crippen LogP contribution in [0.3, 0.4) is 0 Å². The Balaban J connectivity index is 2.25. The van der Waals surface area contributed by atoms with E-state index in [2.05, 4.69) is 5.32 Å². The summed E-state index contributed by atoms with van der Waals surface area (Å²) >= 11 is 0. The number of aryl methyl sites for hydroxylation is 1. The standard InChI is InChI=1S/C14H19NO2/c1-10-5-7-11(8-6-10)13-12(14(16)17)4-2-3-9-15-13/h5-8,12-13,15H,2-4,9H2,1H3,(H,16,17)/t12-,13+/m0/s1. The molecule has 0 bridgehead atoms. The highest BCUT2D eigenvalue weighted by Gasteiger charge is 2.30. The Labute approximate surface area is 102 Å². The molecule has 1 saturated heterocycles. The van der Waals surface area contributed by atoms with Gasteiger partial charge in [-0.15, -0.1) is 0 Å². The molecule has 0 aliphatic carbocycles. The van der Waals surface area contributed by atoms with Gasteiger partial charge in [0.15, 0.2) is 0 Å². The Kier molecular flexibility index (Phi) is 3.79. The van der Waals surface area contributed by atoms with E-state index in [0.717, 1.165) is 31.4 Å². The first kappa shape index (κ1) is 12.1. The van der Waals surface area contributed by atoms with E-state index in [-0.39, 0.29) is 12.0 Å². The van der Waals surface area contributed by atoms with Crippen molar-refractivity contribution in [1.82, 2.24) is 5.32 Å². The van der Waals surface area contributed by atoms with Crippen LogP contribution in [0.2, 0.25) is 0 Å². The zero-order valence-electron chi connectivity index (χ0n) is 10.1. The van der Waals surface area contributed by atoms with Gasteiger partial charge in [0.1, 0.15) is 0 Å². The topological polar surface area (TPSA) is 49.3 Å². The van der Waals surface area contributed by atoms with Crippen LogP contribution in [0.4, 0.5) is 0 Å². The number of carboxylic acids is 1. The fourth-order valence-electron chi connectivity index (χ4n) is 2.45. The molecule has 0 radical (unpaired) electrons. The van der Waals surface area contributed by atoms with E-state index >= 15 is 0 Å². The Hall–Kier alpha value is -1.35. The maximum Gasteiger partial charge on any atom is 0.308 e. The third-order valence-electron chi connectivity index (χ3n) is 3.46. The zero-order valence-corrected chi connectivity index (χ0v) is 10.1. The number of carbonyl (C=O) groups is 1. The van der Waals surface area contributed by atoms with Gasteiger partial charge in [0.05, 0.1) is 5.92 Å². The third kappa shape index (κ3) is 2.86. The molecule has 2 N–H and O–H groups in total. The van der Waals surface area contributed by atoms with Crippen molar-refractivity contribution in [1.29, 1.82) is 0 Å². The van der Waals surface area contributed by atoms with Crippen LogP contribution >= 0.6 is 0 Å². The van der Waals surface area contributed by atoms with Gasteiger partial charge in [-0.2, -0.15) is 0 Å². The van der Waals surface area contributed by atoms with Gasteiger partial charge in [-0.3, -0.25) is 4.79 Å². The van der Waals surface area contributed by atoms with E-state index in [1.165, 1.54) is 5.56 Å². The summed E-state index contributed by atoms with van der Waals surface area (Å²) in [6, 6.07) is 8.11. The van der Waals surface area contributed by atoms with Gasteiger partial charge >= 0.3 is 5.97 Å². The normalized spacial score (nSPS) is 25.2. The molecular formula is C14H19NO2. The predicted octanol–water partition coefficient (Wildman–Crippen LogP) is 2.51. The van der Waals surface area contributed by atoms with Gasteiger partial charge in [0, 0.05) is 6.04 Å². The van der Waals surface area contributed by atoms with Crippen LogP contribution in [-0.4, -0.2) is 17.6 Å². The molecule has 3 heteroatoms. The molecule has 2 atom stereocenters. The second-order valence-corrected chi connectivity index (χ2v) is 4.78. The number of hydrogen-bond acceptors (Lipinski definition) is 2. The van der Waals surface area contributed by atoms with Crippen molar-refractivity contribution in [2.24, 2.45) is 5.92 Å². The molecule has 1 fully saturated rings. The van der Waals surface area contributed by atoms with Crippen LogP contribution in [0.5, 0.6) is 0 Å². The molecule has 92 valence electrons. The van der Waals surface area contributed by atoms with Gasteiger partial charge in [-0.05, 0) is 31.9 Å². The van der Waals surface area contributed by atoms with Crippen LogP contribution in [-0.2, 0) is 4.79 Å². The number of nitrogens with one attached hydrogen (secondary N) is 1. The highest BCUT2D eigenvalue weighted by atomic mass is 16.4. The van der Waals surface area contributed by atoms with Gasteiger partial charge < -0.3 is 10.4 Å². The fraction of sp³-hybridized carbons (Fsp3) is 0.500. The number of carboxylic acid groups (broad SMARTS) is 1. The van der Waals surface area contributed by atoms with E-state index in [1.54, 1.807) is 0 Å². The molecule has 1 aromatic rings.